The smallest absolute Gasteiger partial charge is 0.388 e. The van der Waals surface area contributed by atoms with Gasteiger partial charge in [0.25, 0.3) is 5.85 Å². The molecular formula is C15H22N4O6PS+. The van der Waals surface area contributed by atoms with E-state index in [2.05, 4.69) is 15.0 Å². The van der Waals surface area contributed by atoms with Crippen LogP contribution >= 0.6 is 20.2 Å². The molecule has 1 aliphatic rings. The Morgan fingerprint density at radius 3 is 2.81 bits per heavy atom. The van der Waals surface area contributed by atoms with Gasteiger partial charge in [0.05, 0.1) is 18.8 Å². The molecule has 3 rings (SSSR count). The Morgan fingerprint density at radius 1 is 1.44 bits per heavy atom. The van der Waals surface area contributed by atoms with Crippen LogP contribution in [0.15, 0.2) is 12.7 Å². The summed E-state index contributed by atoms with van der Waals surface area (Å²) >= 11 is 5.13. The molecule has 2 aromatic rings. The quantitative estimate of drug-likeness (QED) is 0.405. The van der Waals surface area contributed by atoms with Crippen molar-refractivity contribution in [2.75, 3.05) is 0 Å². The summed E-state index contributed by atoms with van der Waals surface area (Å²) in [6.45, 7) is 4.72. The number of H-pyrrole nitrogens is 1. The van der Waals surface area contributed by atoms with Crippen molar-refractivity contribution in [2.24, 2.45) is 0 Å². The summed E-state index contributed by atoms with van der Waals surface area (Å²) in [6, 6.07) is 0. The highest BCUT2D eigenvalue weighted by molar-refractivity contribution is 7.71. The average Bonchev–Trinajstić information content (AvgIpc) is 3.11. The van der Waals surface area contributed by atoms with Crippen LogP contribution < -0.4 is 0 Å². The number of hydrogen-bond acceptors (Lipinski definition) is 9. The van der Waals surface area contributed by atoms with E-state index in [0.717, 1.165) is 0 Å². The van der Waals surface area contributed by atoms with E-state index in [1.54, 1.807) is 18.4 Å². The van der Waals surface area contributed by atoms with Gasteiger partial charge in [0.1, 0.15) is 29.0 Å². The summed E-state index contributed by atoms with van der Waals surface area (Å²) in [4.78, 5) is 11.0. The molecule has 10 nitrogen and oxygen atoms in total. The van der Waals surface area contributed by atoms with Crippen LogP contribution in [0, 0.1) is 4.64 Å². The van der Waals surface area contributed by atoms with Crippen LogP contribution in [0.1, 0.15) is 33.4 Å². The molecule has 0 saturated carbocycles. The van der Waals surface area contributed by atoms with E-state index in [-0.39, 0.29) is 6.42 Å². The van der Waals surface area contributed by atoms with Crippen LogP contribution in [0.4, 0.5) is 0 Å². The van der Waals surface area contributed by atoms with Gasteiger partial charge in [-0.1, -0.05) is 12.2 Å². The first kappa shape index (κ1) is 20.4. The van der Waals surface area contributed by atoms with Gasteiger partial charge >= 0.3 is 8.03 Å². The molecule has 3 heterocycles. The van der Waals surface area contributed by atoms with Gasteiger partial charge in [-0.05, 0) is 18.4 Å². The third kappa shape index (κ3) is 4.09. The third-order valence-corrected chi connectivity index (χ3v) is 5.91. The second-order valence-electron chi connectivity index (χ2n) is 7.08. The molecule has 27 heavy (non-hydrogen) atoms. The van der Waals surface area contributed by atoms with Crippen molar-refractivity contribution >= 4 is 31.4 Å². The first-order chi connectivity index (χ1) is 12.6. The molecule has 2 aromatic heterocycles. The van der Waals surface area contributed by atoms with Gasteiger partial charge in [-0.3, -0.25) is 4.57 Å². The molecule has 1 aliphatic heterocycles. The van der Waals surface area contributed by atoms with Crippen LogP contribution in [0.5, 0.6) is 0 Å². The maximum Gasteiger partial charge on any atom is 0.540 e. The Bertz CT molecular complexity index is 900. The van der Waals surface area contributed by atoms with Crippen molar-refractivity contribution in [3.8, 4) is 0 Å². The van der Waals surface area contributed by atoms with Crippen LogP contribution in [-0.2, 0) is 13.8 Å². The number of fused-ring (bicyclic) bond motifs is 1. The Kier molecular flexibility index (Phi) is 5.74. The molecule has 148 valence electrons. The summed E-state index contributed by atoms with van der Waals surface area (Å²) in [5.74, 6) is -1.11. The van der Waals surface area contributed by atoms with Gasteiger partial charge in [-0.15, -0.1) is 4.52 Å². The standard InChI is InChI=1S/C15H21N4O6PS/c1-7(20)26(23)25-15(2,3)4-8-10(21)11(22)14(24-8)19-6-18-9-12(19)16-5-17-13(9)27/h5-8,10-11,14,20-22H,4H2,1-3H3/p+1/t7-,8-,10-,11-,14?/m1/s1. The molecule has 0 amide bonds. The van der Waals surface area contributed by atoms with Crippen LogP contribution in [0.2, 0.25) is 0 Å². The van der Waals surface area contributed by atoms with Crippen LogP contribution in [0.25, 0.3) is 11.2 Å². The largest absolute Gasteiger partial charge is 0.540 e. The van der Waals surface area contributed by atoms with E-state index >= 15 is 0 Å². The number of imidazole rings is 1. The van der Waals surface area contributed by atoms with Gasteiger partial charge in [-0.2, -0.15) is 0 Å². The van der Waals surface area contributed by atoms with Crippen LogP contribution in [0.3, 0.4) is 0 Å². The minimum atomic E-state index is -2.28. The second kappa shape index (κ2) is 7.59. The minimum absolute atomic E-state index is 0.152. The number of nitrogens with one attached hydrogen (secondary N) is 1. The van der Waals surface area contributed by atoms with Gasteiger partial charge in [-0.25, -0.2) is 9.97 Å². The zero-order valence-electron chi connectivity index (χ0n) is 15.0. The number of aromatic nitrogens is 4. The lowest BCUT2D eigenvalue weighted by Crippen LogP contribution is -2.36. The number of rotatable bonds is 6. The summed E-state index contributed by atoms with van der Waals surface area (Å²) < 4.78 is 24.9. The predicted molar refractivity (Wildman–Crippen MR) is 97.7 cm³/mol. The molecule has 12 heteroatoms. The third-order valence-electron chi connectivity index (χ3n) is 4.33. The van der Waals surface area contributed by atoms with E-state index in [0.29, 0.717) is 15.8 Å². The lowest BCUT2D eigenvalue weighted by Gasteiger charge is -2.24. The Balaban J connectivity index is 1.80. The van der Waals surface area contributed by atoms with Gasteiger partial charge in [0.2, 0.25) is 0 Å². The van der Waals surface area contributed by atoms with Crippen molar-refractivity contribution in [3.63, 3.8) is 0 Å². The summed E-state index contributed by atoms with van der Waals surface area (Å²) in [5, 5.41) is 30.3. The molecule has 2 unspecified atom stereocenters. The van der Waals surface area contributed by atoms with Crippen molar-refractivity contribution in [2.45, 2.75) is 63.2 Å². The lowest BCUT2D eigenvalue weighted by molar-refractivity contribution is -0.0584. The van der Waals surface area contributed by atoms with Crippen molar-refractivity contribution < 1.29 is 29.1 Å². The fraction of sp³-hybridized carbons (Fsp3) is 0.667. The molecule has 4 N–H and O–H groups in total. The maximum atomic E-state index is 11.8. The van der Waals surface area contributed by atoms with E-state index in [1.807, 2.05) is 0 Å². The number of nitrogens with zero attached hydrogens (tertiary/aromatic N) is 3. The number of aliphatic hydroxyl groups is 3. The molecular weight excluding hydrogens is 395 g/mol. The molecule has 0 radical (unpaired) electrons. The van der Waals surface area contributed by atoms with Crippen molar-refractivity contribution in [1.82, 2.24) is 19.5 Å². The number of aliphatic hydroxyl groups excluding tert-OH is 3. The van der Waals surface area contributed by atoms with E-state index in [1.165, 1.54) is 19.6 Å². The summed E-state index contributed by atoms with van der Waals surface area (Å²) in [6.07, 6.45) is -1.06. The average molecular weight is 417 g/mol. The predicted octanol–water partition coefficient (Wildman–Crippen LogP) is 1.37. The van der Waals surface area contributed by atoms with E-state index in [4.69, 9.17) is 21.5 Å². The zero-order chi connectivity index (χ0) is 19.9. The Morgan fingerprint density at radius 2 is 2.15 bits per heavy atom. The molecule has 0 aliphatic carbocycles. The highest BCUT2D eigenvalue weighted by Gasteiger charge is 2.48. The monoisotopic (exact) mass is 417 g/mol. The van der Waals surface area contributed by atoms with Gasteiger partial charge in [0.15, 0.2) is 10.9 Å². The Hall–Kier alpha value is -1.33. The highest BCUT2D eigenvalue weighted by Crippen LogP contribution is 2.40. The molecule has 0 spiro atoms. The van der Waals surface area contributed by atoms with Gasteiger partial charge in [0, 0.05) is 13.3 Å². The number of ether oxygens (including phenoxy) is 1. The normalized spacial score (nSPS) is 27.9. The topological polar surface area (TPSA) is 143 Å². The van der Waals surface area contributed by atoms with E-state index < -0.39 is 44.0 Å². The summed E-state index contributed by atoms with van der Waals surface area (Å²) in [5.41, 5.74) is 0.0179. The Labute approximate surface area is 161 Å². The molecule has 0 aromatic carbocycles. The minimum Gasteiger partial charge on any atom is -0.388 e. The lowest BCUT2D eigenvalue weighted by atomic mass is 9.97. The highest BCUT2D eigenvalue weighted by atomic mass is 32.1. The maximum absolute atomic E-state index is 11.8. The second-order valence-corrected chi connectivity index (χ2v) is 8.96. The van der Waals surface area contributed by atoms with Crippen molar-refractivity contribution in [3.05, 3.63) is 17.3 Å². The molecule has 1 saturated heterocycles. The van der Waals surface area contributed by atoms with E-state index in [9.17, 15) is 19.9 Å². The van der Waals surface area contributed by atoms with Crippen molar-refractivity contribution in [1.29, 1.82) is 0 Å². The molecule has 0 bridgehead atoms. The first-order valence-corrected chi connectivity index (χ1v) is 10.0. The fourth-order valence-corrected chi connectivity index (χ4v) is 3.95. The molecule has 1 fully saturated rings. The SMILES string of the molecule is C[C@H](O)[P+](=O)OC(C)(C)C[C@H]1OC(n2cnc3c(=S)nc[nH]c32)[C@H](O)[C@@H]1O. The number of hydrogen-bond donors (Lipinski definition) is 4. The zero-order valence-corrected chi connectivity index (χ0v) is 16.7. The van der Waals surface area contributed by atoms with Crippen LogP contribution in [-0.4, -0.2) is 64.6 Å². The fourth-order valence-electron chi connectivity index (χ4n) is 3.04. The number of aromatic amines is 1. The summed E-state index contributed by atoms with van der Waals surface area (Å²) in [7, 11) is -2.28. The molecule has 6 atom stereocenters. The first-order valence-electron chi connectivity index (χ1n) is 8.36. The van der Waals surface area contributed by atoms with Gasteiger partial charge < -0.3 is 25.0 Å².